The summed E-state index contributed by atoms with van der Waals surface area (Å²) < 4.78 is 0. The molecule has 3 heterocycles. The second-order valence-corrected chi connectivity index (χ2v) is 7.10. The molecule has 0 aromatic carbocycles. The zero-order valence-corrected chi connectivity index (χ0v) is 14.6. The number of hydrogen-bond donors (Lipinski definition) is 1. The van der Waals surface area contributed by atoms with Crippen molar-refractivity contribution in [2.75, 3.05) is 50.7 Å². The second-order valence-electron chi connectivity index (χ2n) is 7.10. The Balaban J connectivity index is 1.50. The van der Waals surface area contributed by atoms with E-state index in [2.05, 4.69) is 19.8 Å². The molecule has 0 bridgehead atoms. The fourth-order valence-electron chi connectivity index (χ4n) is 3.48. The minimum Gasteiger partial charge on any atom is -0.481 e. The lowest BCUT2D eigenvalue weighted by atomic mass is 9.82. The van der Waals surface area contributed by atoms with Crippen LogP contribution in [-0.2, 0) is 9.59 Å². The number of carbonyl (C=O) groups is 2. The number of carbonyl (C=O) groups excluding carboxylic acids is 1. The lowest BCUT2D eigenvalue weighted by Gasteiger charge is -2.39. The molecule has 2 fully saturated rings. The van der Waals surface area contributed by atoms with Gasteiger partial charge in [-0.25, -0.2) is 9.97 Å². The van der Waals surface area contributed by atoms with Crippen molar-refractivity contribution in [2.45, 2.75) is 19.8 Å². The molecule has 2 aliphatic heterocycles. The molecule has 8 heteroatoms. The van der Waals surface area contributed by atoms with E-state index in [4.69, 9.17) is 0 Å². The van der Waals surface area contributed by atoms with Crippen molar-refractivity contribution in [3.8, 4) is 0 Å². The molecule has 1 atom stereocenters. The highest BCUT2D eigenvalue weighted by Gasteiger charge is 2.39. The van der Waals surface area contributed by atoms with Gasteiger partial charge in [-0.05, 0) is 25.8 Å². The summed E-state index contributed by atoms with van der Waals surface area (Å²) in [6.45, 7) is 6.14. The maximum atomic E-state index is 12.6. The first-order valence-electron chi connectivity index (χ1n) is 8.73. The van der Waals surface area contributed by atoms with Crippen LogP contribution in [0.25, 0.3) is 0 Å². The monoisotopic (exact) mass is 347 g/mol. The number of nitrogens with zero attached hydrogens (tertiary/aromatic N) is 5. The predicted molar refractivity (Wildman–Crippen MR) is 92.2 cm³/mol. The standard InChI is InChI=1S/C17H25N5O3/c1-17(15(24)25)4-2-7-22(13-17)14(23)12-20-8-10-21(11-9-20)16-18-5-3-6-19-16/h3,5-6H,2,4,7-13H2,1H3,(H,24,25). The maximum absolute atomic E-state index is 12.6. The van der Waals surface area contributed by atoms with Gasteiger partial charge < -0.3 is 14.9 Å². The van der Waals surface area contributed by atoms with Crippen molar-refractivity contribution < 1.29 is 14.7 Å². The summed E-state index contributed by atoms with van der Waals surface area (Å²) in [4.78, 5) is 38.5. The van der Waals surface area contributed by atoms with Gasteiger partial charge >= 0.3 is 5.97 Å². The average molecular weight is 347 g/mol. The van der Waals surface area contributed by atoms with Gasteiger partial charge in [0.05, 0.1) is 12.0 Å². The van der Waals surface area contributed by atoms with Gasteiger partial charge in [0.2, 0.25) is 11.9 Å². The second kappa shape index (κ2) is 7.35. The smallest absolute Gasteiger partial charge is 0.311 e. The molecule has 2 saturated heterocycles. The number of piperazine rings is 1. The van der Waals surface area contributed by atoms with Crippen LogP contribution >= 0.6 is 0 Å². The van der Waals surface area contributed by atoms with Gasteiger partial charge in [0, 0.05) is 51.7 Å². The molecule has 1 aromatic heterocycles. The number of rotatable bonds is 4. The van der Waals surface area contributed by atoms with E-state index >= 15 is 0 Å². The highest BCUT2D eigenvalue weighted by atomic mass is 16.4. The summed E-state index contributed by atoms with van der Waals surface area (Å²) in [6.07, 6.45) is 4.83. The van der Waals surface area contributed by atoms with E-state index in [9.17, 15) is 14.7 Å². The van der Waals surface area contributed by atoms with Crippen LogP contribution in [-0.4, -0.2) is 82.6 Å². The van der Waals surface area contributed by atoms with Gasteiger partial charge in [0.15, 0.2) is 0 Å². The van der Waals surface area contributed by atoms with Crippen molar-refractivity contribution in [3.63, 3.8) is 0 Å². The van der Waals surface area contributed by atoms with Crippen LogP contribution in [0.3, 0.4) is 0 Å². The summed E-state index contributed by atoms with van der Waals surface area (Å²) in [5.74, 6) is -0.0696. The van der Waals surface area contributed by atoms with Gasteiger partial charge in [0.25, 0.3) is 0 Å². The average Bonchev–Trinajstić information content (AvgIpc) is 2.63. The Morgan fingerprint density at radius 2 is 1.84 bits per heavy atom. The molecule has 0 spiro atoms. The van der Waals surface area contributed by atoms with Crippen molar-refractivity contribution in [3.05, 3.63) is 18.5 Å². The fraction of sp³-hybridized carbons (Fsp3) is 0.647. The van der Waals surface area contributed by atoms with Gasteiger partial charge in [-0.3, -0.25) is 14.5 Å². The molecule has 2 aliphatic rings. The molecule has 0 radical (unpaired) electrons. The Kier molecular flexibility index (Phi) is 5.17. The van der Waals surface area contributed by atoms with Crippen LogP contribution in [0.2, 0.25) is 0 Å². The van der Waals surface area contributed by atoms with E-state index in [0.717, 1.165) is 38.5 Å². The van der Waals surface area contributed by atoms with Gasteiger partial charge in [-0.1, -0.05) is 0 Å². The minimum absolute atomic E-state index is 0.0246. The Morgan fingerprint density at radius 3 is 2.48 bits per heavy atom. The third kappa shape index (κ3) is 4.07. The molecule has 0 aliphatic carbocycles. The number of anilines is 1. The number of aromatic nitrogens is 2. The Labute approximate surface area is 147 Å². The summed E-state index contributed by atoms with van der Waals surface area (Å²) in [6, 6.07) is 1.79. The largest absolute Gasteiger partial charge is 0.481 e. The highest BCUT2D eigenvalue weighted by molar-refractivity contribution is 5.80. The van der Waals surface area contributed by atoms with Crippen molar-refractivity contribution in [1.29, 1.82) is 0 Å². The summed E-state index contributed by atoms with van der Waals surface area (Å²) in [5, 5.41) is 9.39. The molecule has 1 unspecified atom stereocenters. The van der Waals surface area contributed by atoms with E-state index in [1.165, 1.54) is 0 Å². The maximum Gasteiger partial charge on any atom is 0.311 e. The Hall–Kier alpha value is -2.22. The first kappa shape index (κ1) is 17.6. The van der Waals surface area contributed by atoms with Crippen LogP contribution in [0.15, 0.2) is 18.5 Å². The van der Waals surface area contributed by atoms with Crippen LogP contribution in [0, 0.1) is 5.41 Å². The highest BCUT2D eigenvalue weighted by Crippen LogP contribution is 2.29. The van der Waals surface area contributed by atoms with E-state index < -0.39 is 11.4 Å². The van der Waals surface area contributed by atoms with E-state index in [0.29, 0.717) is 26.1 Å². The molecule has 1 N–H and O–H groups in total. The van der Waals surface area contributed by atoms with Gasteiger partial charge in [0.1, 0.15) is 0 Å². The normalized spacial score (nSPS) is 25.0. The molecule has 25 heavy (non-hydrogen) atoms. The quantitative estimate of drug-likeness (QED) is 0.838. The lowest BCUT2D eigenvalue weighted by molar-refractivity contribution is -0.153. The van der Waals surface area contributed by atoms with E-state index in [-0.39, 0.29) is 5.91 Å². The molecule has 8 nitrogen and oxygen atoms in total. The van der Waals surface area contributed by atoms with Crippen molar-refractivity contribution >= 4 is 17.8 Å². The molecule has 0 saturated carbocycles. The number of likely N-dealkylation sites (tertiary alicyclic amines) is 1. The van der Waals surface area contributed by atoms with Crippen LogP contribution in [0.1, 0.15) is 19.8 Å². The van der Waals surface area contributed by atoms with Crippen LogP contribution < -0.4 is 4.90 Å². The zero-order valence-electron chi connectivity index (χ0n) is 14.6. The van der Waals surface area contributed by atoms with Gasteiger partial charge in [-0.2, -0.15) is 0 Å². The first-order chi connectivity index (χ1) is 12.0. The Morgan fingerprint density at radius 1 is 1.16 bits per heavy atom. The zero-order chi connectivity index (χ0) is 17.9. The molecular weight excluding hydrogens is 322 g/mol. The number of hydrogen-bond acceptors (Lipinski definition) is 6. The predicted octanol–water partition coefficient (Wildman–Crippen LogP) is 0.312. The number of carboxylic acid groups (broad SMARTS) is 1. The number of amides is 1. The number of aliphatic carboxylic acids is 1. The first-order valence-corrected chi connectivity index (χ1v) is 8.73. The molecule has 3 rings (SSSR count). The summed E-state index contributed by atoms with van der Waals surface area (Å²) >= 11 is 0. The lowest BCUT2D eigenvalue weighted by Crippen LogP contribution is -2.53. The topological polar surface area (TPSA) is 89.9 Å². The van der Waals surface area contributed by atoms with Gasteiger partial charge in [-0.15, -0.1) is 0 Å². The summed E-state index contributed by atoms with van der Waals surface area (Å²) in [5.41, 5.74) is -0.822. The molecule has 1 amide bonds. The summed E-state index contributed by atoms with van der Waals surface area (Å²) in [7, 11) is 0. The molecule has 1 aromatic rings. The van der Waals surface area contributed by atoms with Crippen molar-refractivity contribution in [1.82, 2.24) is 19.8 Å². The van der Waals surface area contributed by atoms with Crippen LogP contribution in [0.5, 0.6) is 0 Å². The van der Waals surface area contributed by atoms with E-state index in [1.807, 2.05) is 0 Å². The Bertz CT molecular complexity index is 618. The third-order valence-corrected chi connectivity index (χ3v) is 5.13. The third-order valence-electron chi connectivity index (χ3n) is 5.13. The van der Waals surface area contributed by atoms with Crippen LogP contribution in [0.4, 0.5) is 5.95 Å². The minimum atomic E-state index is -0.822. The molecular formula is C17H25N5O3. The molecule has 136 valence electrons. The van der Waals surface area contributed by atoms with Crippen molar-refractivity contribution in [2.24, 2.45) is 5.41 Å². The number of piperidine rings is 1. The fourth-order valence-corrected chi connectivity index (χ4v) is 3.48. The van der Waals surface area contributed by atoms with E-state index in [1.54, 1.807) is 30.3 Å². The number of carboxylic acids is 1. The SMILES string of the molecule is CC1(C(=O)O)CCCN(C(=O)CN2CCN(c3ncccn3)CC2)C1.